The van der Waals surface area contributed by atoms with Gasteiger partial charge >= 0.3 is 0 Å². The second-order valence-electron chi connectivity index (χ2n) is 6.57. The van der Waals surface area contributed by atoms with Gasteiger partial charge in [-0.05, 0) is 52.6 Å². The summed E-state index contributed by atoms with van der Waals surface area (Å²) in [5, 5.41) is 7.62. The minimum absolute atomic E-state index is 0.0306. The number of hydrogen-bond donors (Lipinski definition) is 0. The Kier molecular flexibility index (Phi) is 5.67. The first-order chi connectivity index (χ1) is 14.3. The number of pyridine rings is 1. The number of nitrogens with zero attached hydrogens (tertiary/aromatic N) is 3. The van der Waals surface area contributed by atoms with E-state index in [1.165, 1.54) is 0 Å². The topological polar surface area (TPSA) is 65.0 Å². The first-order valence-electron chi connectivity index (χ1n) is 9.29. The molecule has 29 heavy (non-hydrogen) atoms. The molecule has 0 aliphatic carbocycles. The molecule has 4 aromatic rings. The number of rotatable bonds is 7. The molecule has 2 heterocycles. The molecule has 0 bridgehead atoms. The highest BCUT2D eigenvalue weighted by Crippen LogP contribution is 2.28. The summed E-state index contributed by atoms with van der Waals surface area (Å²) in [6.07, 6.45) is 6.90. The van der Waals surface area contributed by atoms with Crippen molar-refractivity contribution in [3.05, 3.63) is 108 Å². The lowest BCUT2D eigenvalue weighted by molar-refractivity contribution is 0.0988. The highest BCUT2D eigenvalue weighted by molar-refractivity contribution is 6.01. The summed E-state index contributed by atoms with van der Waals surface area (Å²) in [7, 11) is 0. The Labute approximate surface area is 169 Å². The third-order valence-electron chi connectivity index (χ3n) is 4.54. The van der Waals surface area contributed by atoms with Crippen LogP contribution in [0.1, 0.15) is 21.5 Å². The first kappa shape index (κ1) is 18.5. The quantitative estimate of drug-likeness (QED) is 0.440. The predicted octanol–water partition coefficient (Wildman–Crippen LogP) is 4.54. The zero-order valence-corrected chi connectivity index (χ0v) is 15.7. The Morgan fingerprint density at radius 1 is 0.793 bits per heavy atom. The van der Waals surface area contributed by atoms with Crippen molar-refractivity contribution in [2.24, 2.45) is 0 Å². The molecule has 0 fully saturated rings. The van der Waals surface area contributed by atoms with E-state index < -0.39 is 0 Å². The molecule has 0 saturated carbocycles. The van der Waals surface area contributed by atoms with Gasteiger partial charge in [0.2, 0.25) is 0 Å². The third-order valence-corrected chi connectivity index (χ3v) is 4.54. The third kappa shape index (κ3) is 4.71. The van der Waals surface area contributed by atoms with E-state index in [0.29, 0.717) is 17.9 Å². The lowest BCUT2D eigenvalue weighted by Crippen LogP contribution is -2.08. The Balaban J connectivity index is 1.64. The molecule has 4 rings (SSSR count). The van der Waals surface area contributed by atoms with Crippen molar-refractivity contribution in [2.45, 2.75) is 13.0 Å². The zero-order valence-electron chi connectivity index (χ0n) is 15.7. The van der Waals surface area contributed by atoms with Crippen LogP contribution in [-0.2, 0) is 13.0 Å². The van der Waals surface area contributed by atoms with E-state index in [2.05, 4.69) is 15.2 Å². The van der Waals surface area contributed by atoms with Crippen LogP contribution in [0.2, 0.25) is 0 Å². The van der Waals surface area contributed by atoms with Crippen LogP contribution in [0.15, 0.2) is 91.5 Å². The van der Waals surface area contributed by atoms with Crippen molar-refractivity contribution < 1.29 is 9.53 Å². The van der Waals surface area contributed by atoms with Gasteiger partial charge in [0.25, 0.3) is 0 Å². The molecule has 0 aliphatic rings. The smallest absolute Gasteiger partial charge is 0.171 e. The summed E-state index contributed by atoms with van der Waals surface area (Å²) in [6, 6.07) is 21.2. The van der Waals surface area contributed by atoms with Crippen LogP contribution >= 0.6 is 0 Å². The first-order valence-corrected chi connectivity index (χ1v) is 9.29. The molecule has 0 unspecified atom stereocenters. The van der Waals surface area contributed by atoms with Crippen LogP contribution in [0.25, 0.3) is 11.1 Å². The second kappa shape index (κ2) is 8.89. The number of aromatic nitrogens is 3. The summed E-state index contributed by atoms with van der Waals surface area (Å²) >= 11 is 0. The van der Waals surface area contributed by atoms with Gasteiger partial charge in [0.15, 0.2) is 5.78 Å². The maximum Gasteiger partial charge on any atom is 0.171 e. The van der Waals surface area contributed by atoms with E-state index in [4.69, 9.17) is 4.74 Å². The molecule has 0 N–H and O–H groups in total. The molecule has 0 spiro atoms. The number of hydrogen-bond acceptors (Lipinski definition) is 5. The summed E-state index contributed by atoms with van der Waals surface area (Å²) in [6.45, 7) is 0.395. The standard InChI is InChI=1S/C24H19N3O2/c28-23(14-19-8-13-26-27-16-19)22-15-21(20-9-11-25-12-10-20)6-7-24(22)29-17-18-4-2-1-3-5-18/h1-13,15-16H,14,17H2. The summed E-state index contributed by atoms with van der Waals surface area (Å²) in [4.78, 5) is 17.1. The monoisotopic (exact) mass is 381 g/mol. The molecular weight excluding hydrogens is 362 g/mol. The molecule has 2 aromatic heterocycles. The molecule has 5 nitrogen and oxygen atoms in total. The lowest BCUT2D eigenvalue weighted by Gasteiger charge is -2.13. The van der Waals surface area contributed by atoms with E-state index in [9.17, 15) is 4.79 Å². The highest BCUT2D eigenvalue weighted by atomic mass is 16.5. The maximum absolute atomic E-state index is 13.1. The van der Waals surface area contributed by atoms with Gasteiger partial charge in [-0.2, -0.15) is 10.2 Å². The SMILES string of the molecule is O=C(Cc1ccnnc1)c1cc(-c2ccncc2)ccc1OCc1ccccc1. The van der Waals surface area contributed by atoms with E-state index >= 15 is 0 Å². The van der Waals surface area contributed by atoms with Crippen LogP contribution in [0, 0.1) is 0 Å². The van der Waals surface area contributed by atoms with Crippen molar-refractivity contribution >= 4 is 5.78 Å². The van der Waals surface area contributed by atoms with E-state index in [-0.39, 0.29) is 12.2 Å². The Morgan fingerprint density at radius 2 is 1.62 bits per heavy atom. The number of benzene rings is 2. The summed E-state index contributed by atoms with van der Waals surface area (Å²) in [5.74, 6) is 0.538. The molecule has 0 aliphatic heterocycles. The molecule has 0 radical (unpaired) electrons. The van der Waals surface area contributed by atoms with Crippen molar-refractivity contribution in [1.29, 1.82) is 0 Å². The van der Waals surface area contributed by atoms with Crippen LogP contribution in [0.3, 0.4) is 0 Å². The predicted molar refractivity (Wildman–Crippen MR) is 111 cm³/mol. The number of ether oxygens (including phenoxy) is 1. The second-order valence-corrected chi connectivity index (χ2v) is 6.57. The largest absolute Gasteiger partial charge is 0.488 e. The van der Waals surface area contributed by atoms with Gasteiger partial charge in [0, 0.05) is 25.0 Å². The van der Waals surface area contributed by atoms with Crippen LogP contribution in [-0.4, -0.2) is 21.0 Å². The number of Topliss-reactive ketones (excluding diaryl/α,β-unsaturated/α-hetero) is 1. The Morgan fingerprint density at radius 3 is 2.38 bits per heavy atom. The minimum atomic E-state index is -0.0306. The summed E-state index contributed by atoms with van der Waals surface area (Å²) < 4.78 is 6.01. The van der Waals surface area contributed by atoms with Crippen molar-refractivity contribution in [2.75, 3.05) is 0 Å². The normalized spacial score (nSPS) is 10.5. The molecule has 2 aromatic carbocycles. The zero-order chi connectivity index (χ0) is 19.9. The molecule has 142 valence electrons. The van der Waals surface area contributed by atoms with Gasteiger partial charge < -0.3 is 4.74 Å². The van der Waals surface area contributed by atoms with Gasteiger partial charge in [-0.3, -0.25) is 9.78 Å². The number of ketones is 1. The fraction of sp³-hybridized carbons (Fsp3) is 0.0833. The van der Waals surface area contributed by atoms with Gasteiger partial charge in [0.1, 0.15) is 12.4 Å². The van der Waals surface area contributed by atoms with Crippen molar-refractivity contribution in [3.8, 4) is 16.9 Å². The van der Waals surface area contributed by atoms with Gasteiger partial charge in [0.05, 0.1) is 11.8 Å². The van der Waals surface area contributed by atoms with Gasteiger partial charge in [-0.25, -0.2) is 0 Å². The fourth-order valence-electron chi connectivity index (χ4n) is 3.04. The van der Waals surface area contributed by atoms with Crippen molar-refractivity contribution in [1.82, 2.24) is 15.2 Å². The maximum atomic E-state index is 13.1. The molecule has 0 atom stereocenters. The fourth-order valence-corrected chi connectivity index (χ4v) is 3.04. The van der Waals surface area contributed by atoms with Gasteiger partial charge in [-0.1, -0.05) is 36.4 Å². The van der Waals surface area contributed by atoms with E-state index in [1.807, 2.05) is 60.7 Å². The van der Waals surface area contributed by atoms with Crippen LogP contribution in [0.5, 0.6) is 5.75 Å². The highest BCUT2D eigenvalue weighted by Gasteiger charge is 2.15. The molecular formula is C24H19N3O2. The molecule has 5 heteroatoms. The minimum Gasteiger partial charge on any atom is -0.488 e. The summed E-state index contributed by atoms with van der Waals surface area (Å²) in [5.41, 5.74) is 4.34. The van der Waals surface area contributed by atoms with Crippen LogP contribution in [0.4, 0.5) is 0 Å². The Hall–Kier alpha value is -3.86. The average Bonchev–Trinajstić information content (AvgIpc) is 2.79. The molecule has 0 amide bonds. The average molecular weight is 381 g/mol. The number of carbonyl (C=O) groups is 1. The van der Waals surface area contributed by atoms with Gasteiger partial charge in [-0.15, -0.1) is 0 Å². The molecule has 0 saturated heterocycles. The van der Waals surface area contributed by atoms with E-state index in [0.717, 1.165) is 22.3 Å². The van der Waals surface area contributed by atoms with Crippen molar-refractivity contribution in [3.63, 3.8) is 0 Å². The number of carbonyl (C=O) groups excluding carboxylic acids is 1. The Bertz CT molecular complexity index is 1080. The lowest BCUT2D eigenvalue weighted by atomic mass is 9.98. The van der Waals surface area contributed by atoms with Crippen LogP contribution < -0.4 is 4.74 Å². The van der Waals surface area contributed by atoms with E-state index in [1.54, 1.807) is 30.9 Å².